The van der Waals surface area contributed by atoms with Crippen LogP contribution in [0.2, 0.25) is 0 Å². The summed E-state index contributed by atoms with van der Waals surface area (Å²) in [5.74, 6) is -0.495. The molecule has 1 aliphatic rings. The summed E-state index contributed by atoms with van der Waals surface area (Å²) in [5, 5.41) is 12.3. The van der Waals surface area contributed by atoms with Crippen LogP contribution in [0.3, 0.4) is 0 Å². The molecule has 0 spiro atoms. The van der Waals surface area contributed by atoms with Crippen LogP contribution in [0, 0.1) is 0 Å². The van der Waals surface area contributed by atoms with Gasteiger partial charge in [0.2, 0.25) is 0 Å². The van der Waals surface area contributed by atoms with Gasteiger partial charge in [-0.3, -0.25) is 10.1 Å². The number of aliphatic hydroxyl groups excluding tert-OH is 1. The molecular formula is C13H23NO5. The highest BCUT2D eigenvalue weighted by atomic mass is 16.6. The zero-order chi connectivity index (χ0) is 14.7. The van der Waals surface area contributed by atoms with E-state index < -0.39 is 29.5 Å². The zero-order valence-electron chi connectivity index (χ0n) is 12.0. The van der Waals surface area contributed by atoms with Crippen LogP contribution < -0.4 is 5.32 Å². The monoisotopic (exact) mass is 273 g/mol. The summed E-state index contributed by atoms with van der Waals surface area (Å²) >= 11 is 0. The number of hydrogen-bond acceptors (Lipinski definition) is 5. The van der Waals surface area contributed by atoms with Crippen molar-refractivity contribution < 1.29 is 24.2 Å². The summed E-state index contributed by atoms with van der Waals surface area (Å²) in [6.07, 6.45) is 0.726. The maximum atomic E-state index is 11.8. The molecule has 1 fully saturated rings. The Hall–Kier alpha value is -1.30. The Labute approximate surface area is 113 Å². The third-order valence-electron chi connectivity index (χ3n) is 2.75. The van der Waals surface area contributed by atoms with Crippen molar-refractivity contribution in [2.24, 2.45) is 0 Å². The number of esters is 1. The van der Waals surface area contributed by atoms with Gasteiger partial charge in [-0.25, -0.2) is 4.79 Å². The lowest BCUT2D eigenvalue weighted by molar-refractivity contribution is -0.168. The molecule has 1 amide bonds. The van der Waals surface area contributed by atoms with Gasteiger partial charge in [0.15, 0.2) is 5.72 Å². The van der Waals surface area contributed by atoms with Crippen LogP contribution in [0.15, 0.2) is 0 Å². The van der Waals surface area contributed by atoms with E-state index in [4.69, 9.17) is 9.47 Å². The van der Waals surface area contributed by atoms with Crippen LogP contribution in [-0.2, 0) is 14.3 Å². The Morgan fingerprint density at radius 1 is 1.37 bits per heavy atom. The molecule has 0 aromatic carbocycles. The predicted octanol–water partition coefficient (Wildman–Crippen LogP) is 1.71. The fourth-order valence-corrected chi connectivity index (χ4v) is 2.20. The normalized spacial score (nSPS) is 27.5. The number of alkyl carbamates (subject to hydrolysis) is 1. The van der Waals surface area contributed by atoms with E-state index in [0.717, 1.165) is 0 Å². The Morgan fingerprint density at radius 2 is 2.00 bits per heavy atom. The molecule has 0 aliphatic heterocycles. The topological polar surface area (TPSA) is 84.9 Å². The number of hydrogen-bond donors (Lipinski definition) is 2. The lowest BCUT2D eigenvalue weighted by Crippen LogP contribution is -2.56. The second-order valence-electron chi connectivity index (χ2n) is 5.97. The van der Waals surface area contributed by atoms with E-state index in [1.807, 2.05) is 0 Å². The van der Waals surface area contributed by atoms with Crippen molar-refractivity contribution in [3.05, 3.63) is 0 Å². The molecule has 110 valence electrons. The molecule has 0 radical (unpaired) electrons. The molecule has 6 nitrogen and oxygen atoms in total. The highest BCUT2D eigenvalue weighted by Crippen LogP contribution is 2.30. The van der Waals surface area contributed by atoms with E-state index in [-0.39, 0.29) is 6.42 Å². The second kappa shape index (κ2) is 5.77. The molecule has 1 saturated carbocycles. The van der Waals surface area contributed by atoms with E-state index in [9.17, 15) is 14.7 Å². The maximum Gasteiger partial charge on any atom is 0.410 e. The SMILES string of the molecule is CC(=O)OC1(NC(=O)OC(C)(C)C)CCC[C@H](O)C1. The summed E-state index contributed by atoms with van der Waals surface area (Å²) in [6, 6.07) is 0. The quantitative estimate of drug-likeness (QED) is 0.591. The molecule has 2 atom stereocenters. The van der Waals surface area contributed by atoms with Crippen molar-refractivity contribution in [2.75, 3.05) is 0 Å². The first-order chi connectivity index (χ1) is 8.62. The average Bonchev–Trinajstić information content (AvgIpc) is 2.11. The molecule has 0 aromatic rings. The van der Waals surface area contributed by atoms with Gasteiger partial charge in [0, 0.05) is 19.8 Å². The Kier molecular flexibility index (Phi) is 4.79. The van der Waals surface area contributed by atoms with Gasteiger partial charge in [-0.05, 0) is 33.6 Å². The van der Waals surface area contributed by atoms with Gasteiger partial charge in [-0.15, -0.1) is 0 Å². The smallest absolute Gasteiger partial charge is 0.410 e. The zero-order valence-corrected chi connectivity index (χ0v) is 12.0. The van der Waals surface area contributed by atoms with Crippen LogP contribution >= 0.6 is 0 Å². The first kappa shape index (κ1) is 15.8. The van der Waals surface area contributed by atoms with Gasteiger partial charge >= 0.3 is 12.1 Å². The van der Waals surface area contributed by atoms with Gasteiger partial charge in [0.05, 0.1) is 6.10 Å². The Bertz CT molecular complexity index is 349. The average molecular weight is 273 g/mol. The number of amides is 1. The van der Waals surface area contributed by atoms with E-state index in [1.54, 1.807) is 20.8 Å². The first-order valence-corrected chi connectivity index (χ1v) is 6.51. The fourth-order valence-electron chi connectivity index (χ4n) is 2.20. The largest absolute Gasteiger partial charge is 0.444 e. The molecule has 1 aliphatic carbocycles. The fraction of sp³-hybridized carbons (Fsp3) is 0.846. The highest BCUT2D eigenvalue weighted by Gasteiger charge is 2.41. The molecule has 0 aromatic heterocycles. The van der Waals surface area contributed by atoms with Crippen LogP contribution in [0.25, 0.3) is 0 Å². The summed E-state index contributed by atoms with van der Waals surface area (Å²) < 4.78 is 10.4. The minimum Gasteiger partial charge on any atom is -0.444 e. The lowest BCUT2D eigenvalue weighted by atomic mass is 9.89. The molecule has 19 heavy (non-hydrogen) atoms. The highest BCUT2D eigenvalue weighted by molar-refractivity contribution is 5.70. The molecule has 0 saturated heterocycles. The molecule has 1 rings (SSSR count). The number of carbonyl (C=O) groups excluding carboxylic acids is 2. The van der Waals surface area contributed by atoms with Gasteiger partial charge in [-0.2, -0.15) is 0 Å². The third kappa shape index (κ3) is 5.46. The number of ether oxygens (including phenoxy) is 2. The summed E-state index contributed by atoms with van der Waals surface area (Å²) in [6.45, 7) is 6.53. The Morgan fingerprint density at radius 3 is 2.47 bits per heavy atom. The molecule has 0 bridgehead atoms. The van der Waals surface area contributed by atoms with Crippen molar-refractivity contribution >= 4 is 12.1 Å². The number of rotatable bonds is 2. The van der Waals surface area contributed by atoms with Crippen molar-refractivity contribution in [1.29, 1.82) is 0 Å². The van der Waals surface area contributed by atoms with Gasteiger partial charge in [-0.1, -0.05) is 0 Å². The standard InChI is InChI=1S/C13H23NO5/c1-9(15)18-13(7-5-6-10(16)8-13)14-11(17)19-12(2,3)4/h10,16H,5-8H2,1-4H3,(H,14,17)/t10-,13?/m0/s1. The number of aliphatic hydroxyl groups is 1. The van der Waals surface area contributed by atoms with Crippen LogP contribution in [-0.4, -0.2) is 34.6 Å². The lowest BCUT2D eigenvalue weighted by Gasteiger charge is -2.39. The van der Waals surface area contributed by atoms with Crippen molar-refractivity contribution in [3.63, 3.8) is 0 Å². The summed E-state index contributed by atoms with van der Waals surface area (Å²) in [7, 11) is 0. The number of nitrogens with one attached hydrogen (secondary N) is 1. The van der Waals surface area contributed by atoms with Crippen molar-refractivity contribution in [3.8, 4) is 0 Å². The predicted molar refractivity (Wildman–Crippen MR) is 68.3 cm³/mol. The van der Waals surface area contributed by atoms with E-state index >= 15 is 0 Å². The third-order valence-corrected chi connectivity index (χ3v) is 2.75. The molecule has 6 heteroatoms. The van der Waals surface area contributed by atoms with Gasteiger partial charge < -0.3 is 14.6 Å². The van der Waals surface area contributed by atoms with E-state index in [0.29, 0.717) is 19.3 Å². The van der Waals surface area contributed by atoms with Crippen LogP contribution in [0.1, 0.15) is 53.4 Å². The van der Waals surface area contributed by atoms with Crippen molar-refractivity contribution in [1.82, 2.24) is 5.32 Å². The minimum atomic E-state index is -1.16. The van der Waals surface area contributed by atoms with Gasteiger partial charge in [0.25, 0.3) is 0 Å². The second-order valence-corrected chi connectivity index (χ2v) is 5.97. The molecule has 0 heterocycles. The summed E-state index contributed by atoms with van der Waals surface area (Å²) in [4.78, 5) is 23.0. The van der Waals surface area contributed by atoms with E-state index in [2.05, 4.69) is 5.32 Å². The van der Waals surface area contributed by atoms with Crippen LogP contribution in [0.5, 0.6) is 0 Å². The summed E-state index contributed by atoms with van der Waals surface area (Å²) in [5.41, 5.74) is -1.79. The molecular weight excluding hydrogens is 250 g/mol. The first-order valence-electron chi connectivity index (χ1n) is 6.51. The Balaban J connectivity index is 2.74. The minimum absolute atomic E-state index is 0.186. The molecule has 2 N–H and O–H groups in total. The maximum absolute atomic E-state index is 11.8. The van der Waals surface area contributed by atoms with Gasteiger partial charge in [0.1, 0.15) is 5.60 Å². The van der Waals surface area contributed by atoms with E-state index in [1.165, 1.54) is 6.92 Å². The van der Waals surface area contributed by atoms with Crippen molar-refractivity contribution in [2.45, 2.75) is 70.8 Å². The molecule has 1 unspecified atom stereocenters. The number of carbonyl (C=O) groups is 2. The van der Waals surface area contributed by atoms with Crippen LogP contribution in [0.4, 0.5) is 4.79 Å².